The average Bonchev–Trinajstić information content (AvgIpc) is 2.72. The van der Waals surface area contributed by atoms with Gasteiger partial charge in [-0.25, -0.2) is 8.78 Å². The standard InChI is InChI=1S/C20H11F11IN3O/c1-35(6-5-33)13-4-2-3-10(14(13)21)16(36)34-15-11(18(23,24)25)7-9(8-12(15)32)17(22,19(26,27)28)20(29,30)31/h2-4,7-8H,6H2,1H3,(H,34,36). The summed E-state index contributed by atoms with van der Waals surface area (Å²) in [5.74, 6) is -2.82. The number of carbonyl (C=O) groups is 1. The van der Waals surface area contributed by atoms with Gasteiger partial charge >= 0.3 is 24.2 Å². The van der Waals surface area contributed by atoms with Gasteiger partial charge in [-0.3, -0.25) is 4.79 Å². The topological polar surface area (TPSA) is 56.1 Å². The van der Waals surface area contributed by atoms with Gasteiger partial charge < -0.3 is 10.2 Å². The Bertz CT molecular complexity index is 1190. The van der Waals surface area contributed by atoms with Crippen molar-refractivity contribution in [2.45, 2.75) is 24.2 Å². The van der Waals surface area contributed by atoms with E-state index in [1.807, 2.05) is 0 Å². The van der Waals surface area contributed by atoms with Crippen molar-refractivity contribution >= 4 is 39.9 Å². The highest BCUT2D eigenvalue weighted by Crippen LogP contribution is 2.54. The SMILES string of the molecule is CN(CC#N)c1cccc(C(=O)Nc2c(I)cc(C(F)(C(F)(F)F)C(F)(F)F)cc2C(F)(F)F)c1F. The first-order chi connectivity index (χ1) is 16.3. The van der Waals surface area contributed by atoms with Gasteiger partial charge in [-0.15, -0.1) is 0 Å². The highest BCUT2D eigenvalue weighted by atomic mass is 127. The molecule has 0 atom stereocenters. The van der Waals surface area contributed by atoms with E-state index in [1.54, 1.807) is 11.4 Å². The third-order valence-corrected chi connectivity index (χ3v) is 5.61. The maximum atomic E-state index is 14.8. The van der Waals surface area contributed by atoms with Crippen molar-refractivity contribution in [2.75, 3.05) is 23.8 Å². The number of halogens is 12. The van der Waals surface area contributed by atoms with Crippen LogP contribution in [0.5, 0.6) is 0 Å². The molecule has 1 N–H and O–H groups in total. The Morgan fingerprint density at radius 3 is 2.06 bits per heavy atom. The number of carbonyl (C=O) groups excluding carboxylic acids is 1. The number of alkyl halides is 10. The number of anilines is 2. The quantitative estimate of drug-likeness (QED) is 0.218. The Balaban J connectivity index is 2.68. The number of nitriles is 1. The molecule has 0 saturated carbocycles. The first-order valence-electron chi connectivity index (χ1n) is 9.18. The van der Waals surface area contributed by atoms with Crippen molar-refractivity contribution in [2.24, 2.45) is 0 Å². The van der Waals surface area contributed by atoms with Crippen LogP contribution < -0.4 is 10.2 Å². The zero-order valence-corrected chi connectivity index (χ0v) is 19.6. The van der Waals surface area contributed by atoms with E-state index >= 15 is 0 Å². The van der Waals surface area contributed by atoms with E-state index in [0.29, 0.717) is 0 Å². The first kappa shape index (κ1) is 29.4. The fourth-order valence-corrected chi connectivity index (χ4v) is 3.77. The lowest BCUT2D eigenvalue weighted by Crippen LogP contribution is -2.50. The lowest BCUT2D eigenvalue weighted by Gasteiger charge is -2.31. The second-order valence-corrected chi connectivity index (χ2v) is 8.30. The van der Waals surface area contributed by atoms with Crippen LogP contribution in [0.1, 0.15) is 21.5 Å². The molecule has 2 aromatic carbocycles. The lowest BCUT2D eigenvalue weighted by atomic mass is 9.92. The van der Waals surface area contributed by atoms with Gasteiger partial charge in [0.2, 0.25) is 0 Å². The van der Waals surface area contributed by atoms with Gasteiger partial charge in [0.05, 0.1) is 28.6 Å². The van der Waals surface area contributed by atoms with Crippen molar-refractivity contribution in [3.8, 4) is 6.07 Å². The average molecular weight is 645 g/mol. The number of benzene rings is 2. The molecule has 0 bridgehead atoms. The van der Waals surface area contributed by atoms with Gasteiger partial charge in [-0.05, 0) is 46.9 Å². The zero-order valence-electron chi connectivity index (χ0n) is 17.4. The Morgan fingerprint density at radius 1 is 1.03 bits per heavy atom. The summed E-state index contributed by atoms with van der Waals surface area (Å²) in [5, 5.41) is 10.3. The van der Waals surface area contributed by atoms with Crippen molar-refractivity contribution in [1.29, 1.82) is 5.26 Å². The van der Waals surface area contributed by atoms with Gasteiger partial charge in [0.25, 0.3) is 5.91 Å². The molecule has 0 fully saturated rings. The molecule has 0 heterocycles. The third kappa shape index (κ3) is 5.44. The molecular weight excluding hydrogens is 634 g/mol. The lowest BCUT2D eigenvalue weighted by molar-refractivity contribution is -0.348. The predicted molar refractivity (Wildman–Crippen MR) is 112 cm³/mol. The van der Waals surface area contributed by atoms with E-state index in [2.05, 4.69) is 0 Å². The number of hydrogen-bond donors (Lipinski definition) is 1. The molecule has 0 radical (unpaired) electrons. The molecule has 2 aromatic rings. The van der Waals surface area contributed by atoms with Crippen LogP contribution in [-0.2, 0) is 11.8 Å². The molecule has 0 aromatic heterocycles. The van der Waals surface area contributed by atoms with Gasteiger partial charge in [0.15, 0.2) is 5.82 Å². The van der Waals surface area contributed by atoms with Crippen molar-refractivity contribution in [1.82, 2.24) is 0 Å². The van der Waals surface area contributed by atoms with E-state index < -0.39 is 67.9 Å². The van der Waals surface area contributed by atoms with Crippen LogP contribution in [0.2, 0.25) is 0 Å². The Morgan fingerprint density at radius 2 is 1.58 bits per heavy atom. The van der Waals surface area contributed by atoms with Crippen LogP contribution in [0.4, 0.5) is 59.7 Å². The van der Waals surface area contributed by atoms with Gasteiger partial charge in [0.1, 0.15) is 6.54 Å². The van der Waals surface area contributed by atoms with Crippen molar-refractivity contribution in [3.05, 3.63) is 56.4 Å². The highest BCUT2D eigenvalue weighted by Gasteiger charge is 2.73. The van der Waals surface area contributed by atoms with Crippen LogP contribution in [0, 0.1) is 20.7 Å². The summed E-state index contributed by atoms with van der Waals surface area (Å²) < 4.78 is 147. The van der Waals surface area contributed by atoms with E-state index in [0.717, 1.165) is 45.7 Å². The fraction of sp³-hybridized carbons (Fsp3) is 0.300. The third-order valence-electron chi connectivity index (χ3n) is 4.76. The highest BCUT2D eigenvalue weighted by molar-refractivity contribution is 14.1. The molecule has 16 heteroatoms. The number of hydrogen-bond acceptors (Lipinski definition) is 3. The summed E-state index contributed by atoms with van der Waals surface area (Å²) in [4.78, 5) is 13.6. The molecule has 0 saturated heterocycles. The molecule has 0 aliphatic rings. The second-order valence-electron chi connectivity index (χ2n) is 7.14. The molecule has 4 nitrogen and oxygen atoms in total. The van der Waals surface area contributed by atoms with Crippen molar-refractivity contribution in [3.63, 3.8) is 0 Å². The van der Waals surface area contributed by atoms with Gasteiger partial charge in [-0.1, -0.05) is 6.07 Å². The summed E-state index contributed by atoms with van der Waals surface area (Å²) >= 11 is 0.884. The summed E-state index contributed by atoms with van der Waals surface area (Å²) in [7, 11) is 1.26. The zero-order chi connectivity index (χ0) is 27.9. The number of rotatable bonds is 5. The molecular formula is C20H11F11IN3O. The summed E-state index contributed by atoms with van der Waals surface area (Å²) in [6.45, 7) is -0.344. The smallest absolute Gasteiger partial charge is 0.359 e. The van der Waals surface area contributed by atoms with Crippen LogP contribution >= 0.6 is 22.6 Å². The minimum absolute atomic E-state index is 0.153. The molecule has 1 amide bonds. The molecule has 0 spiro atoms. The monoisotopic (exact) mass is 645 g/mol. The van der Waals surface area contributed by atoms with E-state index in [-0.39, 0.29) is 18.3 Å². The molecule has 2 rings (SSSR count). The van der Waals surface area contributed by atoms with Gasteiger partial charge in [0, 0.05) is 16.2 Å². The molecule has 0 aliphatic heterocycles. The Labute approximate surface area is 208 Å². The van der Waals surface area contributed by atoms with Crippen LogP contribution in [0.3, 0.4) is 0 Å². The summed E-state index contributed by atoms with van der Waals surface area (Å²) in [5.41, 5.74) is -13.3. The summed E-state index contributed by atoms with van der Waals surface area (Å²) in [6, 6.07) is 3.91. The summed E-state index contributed by atoms with van der Waals surface area (Å²) in [6.07, 6.45) is -19.0. The second kappa shape index (κ2) is 9.90. The maximum absolute atomic E-state index is 14.8. The molecule has 0 aliphatic carbocycles. The Hall–Kier alpha value is -2.84. The number of nitrogens with zero attached hydrogens (tertiary/aromatic N) is 2. The van der Waals surface area contributed by atoms with E-state index in [9.17, 15) is 53.1 Å². The molecule has 0 unspecified atom stereocenters. The number of nitrogens with one attached hydrogen (secondary N) is 1. The van der Waals surface area contributed by atoms with Gasteiger partial charge in [-0.2, -0.15) is 44.8 Å². The van der Waals surface area contributed by atoms with Crippen molar-refractivity contribution < 1.29 is 53.1 Å². The largest absolute Gasteiger partial charge is 0.435 e. The van der Waals surface area contributed by atoms with Crippen LogP contribution in [0.15, 0.2) is 30.3 Å². The fourth-order valence-electron chi connectivity index (χ4n) is 3.01. The maximum Gasteiger partial charge on any atom is 0.435 e. The van der Waals surface area contributed by atoms with Crippen LogP contribution in [0.25, 0.3) is 0 Å². The Kier molecular flexibility index (Phi) is 8.08. The van der Waals surface area contributed by atoms with E-state index in [1.165, 1.54) is 7.05 Å². The minimum Gasteiger partial charge on any atom is -0.359 e. The minimum atomic E-state index is -6.68. The van der Waals surface area contributed by atoms with E-state index in [4.69, 9.17) is 5.26 Å². The van der Waals surface area contributed by atoms with Crippen LogP contribution in [-0.4, -0.2) is 31.9 Å². The number of amides is 1. The normalized spacial score (nSPS) is 12.8. The molecule has 196 valence electrons. The predicted octanol–water partition coefficient (Wildman–Crippen LogP) is 6.95. The molecule has 36 heavy (non-hydrogen) atoms. The first-order valence-corrected chi connectivity index (χ1v) is 10.3.